The van der Waals surface area contributed by atoms with Crippen molar-refractivity contribution in [2.75, 3.05) is 45.3 Å². The fourth-order valence-corrected chi connectivity index (χ4v) is 13.0. The number of urea groups is 1. The Bertz CT molecular complexity index is 886. The highest BCUT2D eigenvalue weighted by atomic mass is 28.4. The van der Waals surface area contributed by atoms with Crippen LogP contribution in [-0.4, -0.2) is 96.3 Å². The summed E-state index contributed by atoms with van der Waals surface area (Å²) in [5.74, 6) is 0.705. The van der Waals surface area contributed by atoms with Gasteiger partial charge in [0.1, 0.15) is 0 Å². The molecular formula is C36H73N3O6Si2. The van der Waals surface area contributed by atoms with E-state index in [2.05, 4.69) is 44.1 Å². The largest absolute Gasteiger partial charge is 0.394 e. The van der Waals surface area contributed by atoms with Crippen LogP contribution in [0.4, 0.5) is 4.79 Å². The summed E-state index contributed by atoms with van der Waals surface area (Å²) in [7, 11) is -4.96. The molecule has 3 amide bonds. The number of hydrogen-bond donors (Lipinski definition) is 1. The molecule has 0 heterocycles. The van der Waals surface area contributed by atoms with Crippen molar-refractivity contribution in [1.82, 2.24) is 15.1 Å². The van der Waals surface area contributed by atoms with Crippen LogP contribution in [0.25, 0.3) is 0 Å². The topological polar surface area (TPSA) is 89.6 Å². The van der Waals surface area contributed by atoms with Crippen molar-refractivity contribution in [3.63, 3.8) is 0 Å². The van der Waals surface area contributed by atoms with Crippen molar-refractivity contribution in [3.05, 3.63) is 0 Å². The molecule has 0 aliphatic heterocycles. The first-order valence-corrected chi connectivity index (χ1v) is 24.2. The van der Waals surface area contributed by atoms with Crippen LogP contribution in [-0.2, 0) is 22.5 Å². The van der Waals surface area contributed by atoms with Crippen molar-refractivity contribution in [2.45, 2.75) is 164 Å². The van der Waals surface area contributed by atoms with Crippen LogP contribution in [0, 0.1) is 11.3 Å². The van der Waals surface area contributed by atoms with E-state index in [4.69, 9.17) is 17.7 Å². The molecule has 0 aromatic rings. The molecule has 1 N–H and O–H groups in total. The number of carbonyl (C=O) groups excluding carboxylic acids is 2. The van der Waals surface area contributed by atoms with Gasteiger partial charge in [0, 0.05) is 51.5 Å². The third-order valence-corrected chi connectivity index (χ3v) is 15.5. The van der Waals surface area contributed by atoms with Gasteiger partial charge in [-0.15, -0.1) is 0 Å². The zero-order chi connectivity index (χ0) is 34.9. The number of amides is 3. The van der Waals surface area contributed by atoms with Crippen LogP contribution in [0.2, 0.25) is 13.1 Å². The molecule has 0 radical (unpaired) electrons. The lowest BCUT2D eigenvalue weighted by Gasteiger charge is -2.39. The fourth-order valence-electron chi connectivity index (χ4n) is 7.96. The molecule has 0 bridgehead atoms. The van der Waals surface area contributed by atoms with E-state index in [0.717, 1.165) is 44.9 Å². The van der Waals surface area contributed by atoms with E-state index in [9.17, 15) is 9.59 Å². The van der Waals surface area contributed by atoms with Crippen molar-refractivity contribution in [3.8, 4) is 0 Å². The molecule has 2 aliphatic rings. The molecule has 276 valence electrons. The highest BCUT2D eigenvalue weighted by Crippen LogP contribution is 2.30. The van der Waals surface area contributed by atoms with Crippen LogP contribution >= 0.6 is 0 Å². The van der Waals surface area contributed by atoms with Crippen molar-refractivity contribution in [2.24, 2.45) is 11.3 Å². The van der Waals surface area contributed by atoms with Crippen LogP contribution in [0.1, 0.15) is 138 Å². The fraction of sp³-hybridized carbons (Fsp3) is 0.944. The average Bonchev–Trinajstić information content (AvgIpc) is 3.02. The van der Waals surface area contributed by atoms with Gasteiger partial charge < -0.3 is 32.8 Å². The van der Waals surface area contributed by atoms with Gasteiger partial charge in [0.15, 0.2) is 0 Å². The molecule has 2 rings (SSSR count). The predicted octanol–water partition coefficient (Wildman–Crippen LogP) is 8.08. The van der Waals surface area contributed by atoms with Gasteiger partial charge in [0.25, 0.3) is 0 Å². The highest BCUT2D eigenvalue weighted by Gasteiger charge is 2.40. The molecule has 11 heteroatoms. The minimum atomic E-state index is -2.50. The lowest BCUT2D eigenvalue weighted by Crippen LogP contribution is -2.58. The van der Waals surface area contributed by atoms with Gasteiger partial charge in [-0.3, -0.25) is 4.79 Å². The Kier molecular flexibility index (Phi) is 19.1. The number of rotatable bonds is 22. The second-order valence-electron chi connectivity index (χ2n) is 15.3. The summed E-state index contributed by atoms with van der Waals surface area (Å²) in [6, 6.07) is 0.561. The normalized spacial score (nSPS) is 17.8. The summed E-state index contributed by atoms with van der Waals surface area (Å²) in [4.78, 5) is 31.7. The van der Waals surface area contributed by atoms with E-state index >= 15 is 0 Å². The number of carbonyl (C=O) groups is 2. The minimum Gasteiger partial charge on any atom is -0.394 e. The Morgan fingerprint density at radius 1 is 0.745 bits per heavy atom. The Morgan fingerprint density at radius 2 is 1.17 bits per heavy atom. The monoisotopic (exact) mass is 700 g/mol. The summed E-state index contributed by atoms with van der Waals surface area (Å²) >= 11 is 0. The Morgan fingerprint density at radius 3 is 1.62 bits per heavy atom. The molecule has 9 nitrogen and oxygen atoms in total. The number of nitrogens with zero attached hydrogens (tertiary/aromatic N) is 2. The van der Waals surface area contributed by atoms with Gasteiger partial charge in [0.2, 0.25) is 5.91 Å². The van der Waals surface area contributed by atoms with Crippen molar-refractivity contribution in [1.29, 1.82) is 0 Å². The van der Waals surface area contributed by atoms with Gasteiger partial charge in [-0.05, 0) is 90.6 Å². The second-order valence-corrected chi connectivity index (χ2v) is 21.6. The lowest BCUT2D eigenvalue weighted by molar-refractivity contribution is -0.134. The van der Waals surface area contributed by atoms with E-state index in [1.54, 1.807) is 0 Å². The zero-order valence-electron chi connectivity index (χ0n) is 31.9. The average molecular weight is 700 g/mol. The van der Waals surface area contributed by atoms with Gasteiger partial charge in [-0.1, -0.05) is 65.7 Å². The summed E-state index contributed by atoms with van der Waals surface area (Å²) in [6.07, 6.45) is 16.1. The summed E-state index contributed by atoms with van der Waals surface area (Å²) in [5, 5.41) is 3.32. The molecule has 2 saturated carbocycles. The maximum absolute atomic E-state index is 13.8. The molecule has 0 aromatic heterocycles. The van der Waals surface area contributed by atoms with Gasteiger partial charge in [-0.2, -0.15) is 0 Å². The Hall–Kier alpha value is -0.986. The van der Waals surface area contributed by atoms with Crippen LogP contribution < -0.4 is 5.32 Å². The van der Waals surface area contributed by atoms with Gasteiger partial charge >= 0.3 is 23.2 Å². The summed E-state index contributed by atoms with van der Waals surface area (Å²) in [6.45, 7) is 22.1. The van der Waals surface area contributed by atoms with Gasteiger partial charge in [-0.25, -0.2) is 4.79 Å². The first kappa shape index (κ1) is 42.2. The standard InChI is InChI=1S/C36H73N3O6Si2/c1-10-42-46(8,43-11-2)29-38(32-22-16-14-17-23-32)34(40)26-20-21-31(5)27-36(6,7)28-37-35(41)39(33-24-18-15-19-25-33)30-47(9,44-12-3)45-13-4/h31-33H,10-30H2,1-9H3,(H,37,41). The Labute approximate surface area is 291 Å². The zero-order valence-corrected chi connectivity index (χ0v) is 33.9. The molecule has 2 fully saturated rings. The minimum absolute atomic E-state index is 0.0128. The highest BCUT2D eigenvalue weighted by molar-refractivity contribution is 6.66. The molecule has 0 aromatic carbocycles. The van der Waals surface area contributed by atoms with E-state index in [0.29, 0.717) is 63.7 Å². The molecule has 0 spiro atoms. The molecule has 1 atom stereocenters. The summed E-state index contributed by atoms with van der Waals surface area (Å²) in [5.41, 5.74) is -0.0611. The van der Waals surface area contributed by atoms with Crippen LogP contribution in [0.5, 0.6) is 0 Å². The second kappa shape index (κ2) is 21.3. The third kappa shape index (κ3) is 15.2. The maximum atomic E-state index is 13.8. The summed E-state index contributed by atoms with van der Waals surface area (Å²) < 4.78 is 24.6. The third-order valence-electron chi connectivity index (χ3n) is 10.0. The smallest absolute Gasteiger partial charge is 0.355 e. The van der Waals surface area contributed by atoms with Crippen LogP contribution in [0.15, 0.2) is 0 Å². The predicted molar refractivity (Wildman–Crippen MR) is 197 cm³/mol. The van der Waals surface area contributed by atoms with E-state index in [1.807, 2.05) is 32.6 Å². The van der Waals surface area contributed by atoms with Crippen molar-refractivity contribution >= 4 is 29.1 Å². The molecule has 0 saturated heterocycles. The molecule has 47 heavy (non-hydrogen) atoms. The van der Waals surface area contributed by atoms with Crippen molar-refractivity contribution < 1.29 is 27.3 Å². The number of nitrogens with one attached hydrogen (secondary N) is 1. The first-order valence-electron chi connectivity index (χ1n) is 19.2. The SMILES string of the molecule is CCO[Si](C)(CN(C(=O)CCCC(C)CC(C)(C)CNC(=O)N(C[Si](C)(OCC)OCC)C1CCCCC1)C1CCCCC1)OCC. The lowest BCUT2D eigenvalue weighted by atomic mass is 9.81. The van der Waals surface area contributed by atoms with E-state index in [1.165, 1.54) is 38.5 Å². The molecule has 1 unspecified atom stereocenters. The molecule has 2 aliphatic carbocycles. The quantitative estimate of drug-likeness (QED) is 0.115. The first-order chi connectivity index (χ1) is 22.3. The maximum Gasteiger partial charge on any atom is 0.355 e. The number of hydrogen-bond acceptors (Lipinski definition) is 6. The van der Waals surface area contributed by atoms with Gasteiger partial charge in [0.05, 0.1) is 12.3 Å². The van der Waals surface area contributed by atoms with E-state index in [-0.39, 0.29) is 23.4 Å². The van der Waals surface area contributed by atoms with E-state index < -0.39 is 17.1 Å². The molecular weight excluding hydrogens is 627 g/mol. The van der Waals surface area contributed by atoms with Crippen LogP contribution in [0.3, 0.4) is 0 Å². The Balaban J connectivity index is 1.95.